The van der Waals surface area contributed by atoms with Gasteiger partial charge in [-0.15, -0.1) is 0 Å². The molecule has 5 N–H and O–H groups in total. The number of urea groups is 1. The number of piperazine rings is 1. The van der Waals surface area contributed by atoms with Gasteiger partial charge in [0.2, 0.25) is 15.9 Å². The normalized spacial score (nSPS) is 19.7. The van der Waals surface area contributed by atoms with E-state index in [-0.39, 0.29) is 13.1 Å². The maximum Gasteiger partial charge on any atom is 0.328 e. The molecule has 1 unspecified atom stereocenters. The zero-order valence-corrected chi connectivity index (χ0v) is 10.6. The van der Waals surface area contributed by atoms with E-state index in [0.29, 0.717) is 0 Å². The Morgan fingerprint density at radius 2 is 2.16 bits per heavy atom. The van der Waals surface area contributed by atoms with E-state index in [1.165, 1.54) is 0 Å². The zero-order valence-electron chi connectivity index (χ0n) is 9.83. The molecule has 0 aliphatic carbocycles. The third-order valence-electron chi connectivity index (χ3n) is 2.39. The van der Waals surface area contributed by atoms with Crippen LogP contribution >= 0.6 is 0 Å². The Morgan fingerprint density at radius 1 is 1.53 bits per heavy atom. The standard InChI is InChI=1S/C8H14N4O6S/c9-19(17,18)2-1-10-8(16)12-4-6(13)11-3-5(12)7(14)15/h5H,1-4H2,(H,10,16)(H,11,13)(H,14,15)(H2,9,17,18). The fraction of sp³-hybridized carbons (Fsp3) is 0.625. The van der Waals surface area contributed by atoms with Gasteiger partial charge in [-0.25, -0.2) is 23.1 Å². The predicted octanol–water partition coefficient (Wildman–Crippen LogP) is -3.13. The van der Waals surface area contributed by atoms with Gasteiger partial charge in [0.25, 0.3) is 0 Å². The molecular weight excluding hydrogens is 280 g/mol. The third-order valence-corrected chi connectivity index (χ3v) is 3.16. The van der Waals surface area contributed by atoms with Crippen molar-refractivity contribution in [2.24, 2.45) is 5.14 Å². The van der Waals surface area contributed by atoms with Crippen LogP contribution in [0, 0.1) is 0 Å². The first kappa shape index (κ1) is 15.2. The molecule has 1 rings (SSSR count). The molecule has 11 heteroatoms. The lowest BCUT2D eigenvalue weighted by Gasteiger charge is -2.32. The van der Waals surface area contributed by atoms with E-state index in [9.17, 15) is 22.8 Å². The highest BCUT2D eigenvalue weighted by Gasteiger charge is 2.35. The maximum absolute atomic E-state index is 11.7. The summed E-state index contributed by atoms with van der Waals surface area (Å²) in [6.07, 6.45) is 0. The van der Waals surface area contributed by atoms with Crippen molar-refractivity contribution in [2.75, 3.05) is 25.4 Å². The largest absolute Gasteiger partial charge is 0.480 e. The van der Waals surface area contributed by atoms with Crippen LogP contribution in [0.1, 0.15) is 0 Å². The summed E-state index contributed by atoms with van der Waals surface area (Å²) >= 11 is 0. The topological polar surface area (TPSA) is 159 Å². The number of aliphatic carboxylic acids is 1. The third kappa shape index (κ3) is 4.71. The number of sulfonamides is 1. The molecule has 0 aromatic heterocycles. The number of primary sulfonamides is 1. The summed E-state index contributed by atoms with van der Waals surface area (Å²) in [6, 6.07) is -2.02. The molecule has 0 radical (unpaired) electrons. The first-order valence-electron chi connectivity index (χ1n) is 5.25. The van der Waals surface area contributed by atoms with Crippen LogP contribution in [0.5, 0.6) is 0 Å². The Bertz CT molecular complexity index is 489. The molecule has 1 fully saturated rings. The summed E-state index contributed by atoms with van der Waals surface area (Å²) in [6.45, 7) is -0.864. The van der Waals surface area contributed by atoms with Gasteiger partial charge in [0, 0.05) is 13.1 Å². The van der Waals surface area contributed by atoms with Crippen molar-refractivity contribution in [1.82, 2.24) is 15.5 Å². The number of nitrogens with zero attached hydrogens (tertiary/aromatic N) is 1. The second-order valence-corrected chi connectivity index (χ2v) is 5.62. The Balaban J connectivity index is 2.61. The van der Waals surface area contributed by atoms with Gasteiger partial charge in [-0.2, -0.15) is 0 Å². The lowest BCUT2D eigenvalue weighted by Crippen LogP contribution is -2.61. The van der Waals surface area contributed by atoms with E-state index in [4.69, 9.17) is 10.2 Å². The fourth-order valence-corrected chi connectivity index (χ4v) is 1.86. The summed E-state index contributed by atoms with van der Waals surface area (Å²) in [5.41, 5.74) is 0. The highest BCUT2D eigenvalue weighted by atomic mass is 32.2. The molecule has 0 aromatic carbocycles. The van der Waals surface area contributed by atoms with Crippen LogP contribution in [0.25, 0.3) is 0 Å². The van der Waals surface area contributed by atoms with Crippen LogP contribution in [0.2, 0.25) is 0 Å². The number of rotatable bonds is 4. The van der Waals surface area contributed by atoms with Crippen molar-refractivity contribution in [2.45, 2.75) is 6.04 Å². The minimum absolute atomic E-state index is 0.198. The molecule has 0 saturated carbocycles. The minimum atomic E-state index is -3.72. The quantitative estimate of drug-likeness (QED) is 0.429. The van der Waals surface area contributed by atoms with Crippen LogP contribution in [-0.2, 0) is 19.6 Å². The molecule has 19 heavy (non-hydrogen) atoms. The summed E-state index contributed by atoms with van der Waals surface area (Å²) < 4.78 is 21.3. The average molecular weight is 294 g/mol. The SMILES string of the molecule is NS(=O)(=O)CCNC(=O)N1CC(=O)NCC1C(=O)O. The maximum atomic E-state index is 11.7. The molecular formula is C8H14N4O6S. The highest BCUT2D eigenvalue weighted by Crippen LogP contribution is 2.04. The van der Waals surface area contributed by atoms with Crippen molar-refractivity contribution < 1.29 is 27.9 Å². The van der Waals surface area contributed by atoms with E-state index in [2.05, 4.69) is 10.6 Å². The molecule has 1 atom stereocenters. The lowest BCUT2D eigenvalue weighted by atomic mass is 10.2. The predicted molar refractivity (Wildman–Crippen MR) is 62.5 cm³/mol. The second-order valence-electron chi connectivity index (χ2n) is 3.88. The number of carbonyl (C=O) groups excluding carboxylic acids is 2. The molecule has 1 heterocycles. The van der Waals surface area contributed by atoms with Crippen LogP contribution in [0.3, 0.4) is 0 Å². The molecule has 0 aromatic rings. The Kier molecular flexibility index (Phi) is 4.67. The molecule has 108 valence electrons. The highest BCUT2D eigenvalue weighted by molar-refractivity contribution is 7.89. The van der Waals surface area contributed by atoms with E-state index in [1.807, 2.05) is 0 Å². The number of amides is 3. The smallest absolute Gasteiger partial charge is 0.328 e. The van der Waals surface area contributed by atoms with Crippen molar-refractivity contribution in [3.8, 4) is 0 Å². The number of nitrogens with one attached hydrogen (secondary N) is 2. The summed E-state index contributed by atoms with van der Waals surface area (Å²) in [5, 5.41) is 18.2. The van der Waals surface area contributed by atoms with Gasteiger partial charge >= 0.3 is 12.0 Å². The van der Waals surface area contributed by atoms with Crippen molar-refractivity contribution >= 4 is 27.9 Å². The van der Waals surface area contributed by atoms with Crippen molar-refractivity contribution in [1.29, 1.82) is 0 Å². The average Bonchev–Trinajstić information content (AvgIpc) is 2.26. The monoisotopic (exact) mass is 294 g/mol. The van der Waals surface area contributed by atoms with Crippen molar-refractivity contribution in [3.05, 3.63) is 0 Å². The Morgan fingerprint density at radius 3 is 2.68 bits per heavy atom. The second kappa shape index (κ2) is 5.84. The van der Waals surface area contributed by atoms with Gasteiger partial charge in [0.05, 0.1) is 5.75 Å². The molecule has 0 bridgehead atoms. The summed E-state index contributed by atoms with van der Waals surface area (Å²) in [7, 11) is -3.72. The number of carboxylic acids is 1. The van der Waals surface area contributed by atoms with E-state index >= 15 is 0 Å². The first-order valence-corrected chi connectivity index (χ1v) is 6.96. The van der Waals surface area contributed by atoms with Gasteiger partial charge in [-0.05, 0) is 0 Å². The fourth-order valence-electron chi connectivity index (χ4n) is 1.48. The number of carbonyl (C=O) groups is 3. The number of hydrogen-bond donors (Lipinski definition) is 4. The first-order chi connectivity index (χ1) is 8.70. The van der Waals surface area contributed by atoms with Crippen LogP contribution in [0.15, 0.2) is 0 Å². The van der Waals surface area contributed by atoms with Crippen LogP contribution < -0.4 is 15.8 Å². The number of nitrogens with two attached hydrogens (primary N) is 1. The van der Waals surface area contributed by atoms with E-state index in [0.717, 1.165) is 4.90 Å². The zero-order chi connectivity index (χ0) is 14.6. The van der Waals surface area contributed by atoms with Crippen LogP contribution in [0.4, 0.5) is 4.79 Å². The lowest BCUT2D eigenvalue weighted by molar-refractivity contribution is -0.144. The minimum Gasteiger partial charge on any atom is -0.480 e. The number of carboxylic acid groups (broad SMARTS) is 1. The molecule has 1 aliphatic rings. The van der Waals surface area contributed by atoms with Gasteiger partial charge in [0.1, 0.15) is 12.6 Å². The Hall–Kier alpha value is -1.88. The molecule has 1 saturated heterocycles. The Labute approximate surface area is 109 Å². The van der Waals surface area contributed by atoms with Crippen LogP contribution in [-0.4, -0.2) is 67.8 Å². The summed E-state index contributed by atoms with van der Waals surface area (Å²) in [4.78, 5) is 34.6. The molecule has 1 aliphatic heterocycles. The van der Waals surface area contributed by atoms with Gasteiger partial charge in [0.15, 0.2) is 0 Å². The summed E-state index contributed by atoms with van der Waals surface area (Å²) in [5.74, 6) is -2.23. The molecule has 0 spiro atoms. The molecule has 3 amide bonds. The van der Waals surface area contributed by atoms with Crippen molar-refractivity contribution in [3.63, 3.8) is 0 Å². The van der Waals surface area contributed by atoms with Gasteiger partial charge in [-0.3, -0.25) is 9.69 Å². The molecule has 10 nitrogen and oxygen atoms in total. The van der Waals surface area contributed by atoms with Gasteiger partial charge < -0.3 is 15.7 Å². The van der Waals surface area contributed by atoms with E-state index < -0.39 is 46.3 Å². The number of hydrogen-bond acceptors (Lipinski definition) is 5. The van der Waals surface area contributed by atoms with E-state index in [1.54, 1.807) is 0 Å². The van der Waals surface area contributed by atoms with Gasteiger partial charge in [-0.1, -0.05) is 0 Å².